The third kappa shape index (κ3) is 5.58. The lowest BCUT2D eigenvalue weighted by Gasteiger charge is -2.30. The molecule has 1 rings (SSSR count). The minimum atomic E-state index is -0.539. The average Bonchev–Trinajstić information content (AvgIpc) is 2.35. The first-order valence-corrected chi connectivity index (χ1v) is 6.07. The van der Waals surface area contributed by atoms with Crippen LogP contribution in [0.5, 0.6) is 0 Å². The Kier molecular flexibility index (Phi) is 6.10. The van der Waals surface area contributed by atoms with Gasteiger partial charge >= 0.3 is 11.9 Å². The van der Waals surface area contributed by atoms with Crippen molar-refractivity contribution in [3.8, 4) is 11.8 Å². The SMILES string of the molecule is CC#CC[C@@H]1C=C[C@@H](OC(C)=O)[C@@H](COC(C)=O)O1. The van der Waals surface area contributed by atoms with Crippen molar-refractivity contribution in [1.29, 1.82) is 0 Å². The Morgan fingerprint density at radius 1 is 1.26 bits per heavy atom. The van der Waals surface area contributed by atoms with Gasteiger partial charge in [0.15, 0.2) is 0 Å². The summed E-state index contributed by atoms with van der Waals surface area (Å²) in [4.78, 5) is 21.9. The molecule has 0 saturated carbocycles. The fourth-order valence-corrected chi connectivity index (χ4v) is 1.66. The smallest absolute Gasteiger partial charge is 0.303 e. The van der Waals surface area contributed by atoms with Crippen LogP contribution in [0.4, 0.5) is 0 Å². The van der Waals surface area contributed by atoms with E-state index in [-0.39, 0.29) is 12.7 Å². The van der Waals surface area contributed by atoms with Crippen LogP contribution < -0.4 is 0 Å². The molecule has 0 N–H and O–H groups in total. The van der Waals surface area contributed by atoms with E-state index in [1.807, 2.05) is 6.08 Å². The molecule has 0 bridgehead atoms. The van der Waals surface area contributed by atoms with E-state index in [4.69, 9.17) is 14.2 Å². The fraction of sp³-hybridized carbons (Fsp3) is 0.571. The third-order valence-corrected chi connectivity index (χ3v) is 2.46. The normalized spacial score (nSPS) is 25.1. The Labute approximate surface area is 112 Å². The molecule has 0 aromatic heterocycles. The number of hydrogen-bond donors (Lipinski definition) is 0. The molecule has 5 nitrogen and oxygen atoms in total. The van der Waals surface area contributed by atoms with Gasteiger partial charge in [0.25, 0.3) is 0 Å². The van der Waals surface area contributed by atoms with E-state index in [9.17, 15) is 9.59 Å². The van der Waals surface area contributed by atoms with E-state index in [2.05, 4.69) is 11.8 Å². The van der Waals surface area contributed by atoms with Gasteiger partial charge in [0.05, 0.1) is 6.10 Å². The van der Waals surface area contributed by atoms with Gasteiger partial charge in [-0.2, -0.15) is 0 Å². The van der Waals surface area contributed by atoms with Crippen LogP contribution in [0.15, 0.2) is 12.2 Å². The molecule has 0 spiro atoms. The summed E-state index contributed by atoms with van der Waals surface area (Å²) in [7, 11) is 0. The number of carbonyl (C=O) groups is 2. The summed E-state index contributed by atoms with van der Waals surface area (Å²) in [5, 5.41) is 0. The molecule has 104 valence electrons. The number of carbonyl (C=O) groups excluding carboxylic acids is 2. The maximum Gasteiger partial charge on any atom is 0.303 e. The van der Waals surface area contributed by atoms with Gasteiger partial charge < -0.3 is 14.2 Å². The first-order valence-electron chi connectivity index (χ1n) is 6.07. The average molecular weight is 266 g/mol. The van der Waals surface area contributed by atoms with Gasteiger partial charge in [-0.05, 0) is 13.0 Å². The molecule has 0 aromatic carbocycles. The highest BCUT2D eigenvalue weighted by atomic mass is 16.6. The summed E-state index contributed by atoms with van der Waals surface area (Å²) in [5.41, 5.74) is 0. The molecule has 1 aliphatic heterocycles. The highest BCUT2D eigenvalue weighted by Crippen LogP contribution is 2.18. The molecule has 0 aliphatic carbocycles. The monoisotopic (exact) mass is 266 g/mol. The van der Waals surface area contributed by atoms with Crippen molar-refractivity contribution in [2.24, 2.45) is 0 Å². The number of hydrogen-bond acceptors (Lipinski definition) is 5. The summed E-state index contributed by atoms with van der Waals surface area (Å²) in [5.74, 6) is 4.90. The highest BCUT2D eigenvalue weighted by molar-refractivity contribution is 5.66. The maximum atomic E-state index is 11.0. The molecule has 1 heterocycles. The van der Waals surface area contributed by atoms with Crippen molar-refractivity contribution in [1.82, 2.24) is 0 Å². The number of esters is 2. The third-order valence-electron chi connectivity index (χ3n) is 2.46. The predicted molar refractivity (Wildman–Crippen MR) is 68.1 cm³/mol. The lowest BCUT2D eigenvalue weighted by molar-refractivity contribution is -0.163. The van der Waals surface area contributed by atoms with Crippen LogP contribution in [-0.4, -0.2) is 36.9 Å². The predicted octanol–water partition coefficient (Wildman–Crippen LogP) is 1.22. The van der Waals surface area contributed by atoms with E-state index in [1.54, 1.807) is 13.0 Å². The minimum absolute atomic E-state index is 0.0493. The molecule has 3 atom stereocenters. The molecule has 0 amide bonds. The van der Waals surface area contributed by atoms with Crippen molar-refractivity contribution in [2.45, 2.75) is 45.5 Å². The van der Waals surface area contributed by atoms with Gasteiger partial charge in [-0.25, -0.2) is 0 Å². The van der Waals surface area contributed by atoms with Gasteiger partial charge in [0, 0.05) is 20.3 Å². The number of rotatable bonds is 4. The van der Waals surface area contributed by atoms with E-state index < -0.39 is 24.1 Å². The first kappa shape index (κ1) is 15.3. The molecule has 0 aromatic rings. The second-order valence-corrected chi connectivity index (χ2v) is 4.11. The van der Waals surface area contributed by atoms with Crippen LogP contribution in [0.3, 0.4) is 0 Å². The maximum absolute atomic E-state index is 11.0. The molecule has 5 heteroatoms. The fourth-order valence-electron chi connectivity index (χ4n) is 1.66. The zero-order chi connectivity index (χ0) is 14.3. The second-order valence-electron chi connectivity index (χ2n) is 4.11. The highest BCUT2D eigenvalue weighted by Gasteiger charge is 2.30. The van der Waals surface area contributed by atoms with Crippen LogP contribution in [0.2, 0.25) is 0 Å². The Bertz CT molecular complexity index is 415. The van der Waals surface area contributed by atoms with E-state index in [0.29, 0.717) is 6.42 Å². The van der Waals surface area contributed by atoms with Crippen molar-refractivity contribution < 1.29 is 23.8 Å². The number of ether oxygens (including phenoxy) is 3. The van der Waals surface area contributed by atoms with Crippen LogP contribution in [0.1, 0.15) is 27.2 Å². The molecular formula is C14H18O5. The standard InChI is InChI=1S/C14H18O5/c1-4-5-6-12-7-8-13(18-11(3)16)14(19-12)9-17-10(2)15/h7-8,12-14H,6,9H2,1-3H3/t12-,13-,14-/m1/s1. The summed E-state index contributed by atoms with van der Waals surface area (Å²) < 4.78 is 15.7. The summed E-state index contributed by atoms with van der Waals surface area (Å²) in [6.45, 7) is 4.45. The molecule has 1 aliphatic rings. The zero-order valence-corrected chi connectivity index (χ0v) is 11.3. The van der Waals surface area contributed by atoms with Gasteiger partial charge in [0.1, 0.15) is 18.8 Å². The zero-order valence-electron chi connectivity index (χ0n) is 11.3. The minimum Gasteiger partial charge on any atom is -0.463 e. The molecule has 0 unspecified atom stereocenters. The topological polar surface area (TPSA) is 61.8 Å². The van der Waals surface area contributed by atoms with E-state index in [0.717, 1.165) is 0 Å². The van der Waals surface area contributed by atoms with E-state index in [1.165, 1.54) is 13.8 Å². The lowest BCUT2D eigenvalue weighted by Crippen LogP contribution is -2.41. The Morgan fingerprint density at radius 3 is 2.58 bits per heavy atom. The van der Waals surface area contributed by atoms with Crippen molar-refractivity contribution in [2.75, 3.05) is 6.61 Å². The van der Waals surface area contributed by atoms with Crippen molar-refractivity contribution in [3.63, 3.8) is 0 Å². The van der Waals surface area contributed by atoms with Crippen LogP contribution >= 0.6 is 0 Å². The largest absolute Gasteiger partial charge is 0.463 e. The summed E-state index contributed by atoms with van der Waals surface area (Å²) >= 11 is 0. The quantitative estimate of drug-likeness (QED) is 0.435. The summed E-state index contributed by atoms with van der Waals surface area (Å²) in [6.07, 6.45) is 2.89. The van der Waals surface area contributed by atoms with Gasteiger partial charge in [-0.3, -0.25) is 9.59 Å². The second kappa shape index (κ2) is 7.59. The van der Waals surface area contributed by atoms with Crippen molar-refractivity contribution in [3.05, 3.63) is 12.2 Å². The van der Waals surface area contributed by atoms with Crippen LogP contribution in [-0.2, 0) is 23.8 Å². The van der Waals surface area contributed by atoms with Gasteiger partial charge in [0.2, 0.25) is 0 Å². The Balaban J connectivity index is 2.67. The lowest BCUT2D eigenvalue weighted by atomic mass is 10.1. The molecule has 0 fully saturated rings. The molecule has 0 saturated heterocycles. The van der Waals surface area contributed by atoms with Gasteiger partial charge in [-0.1, -0.05) is 6.08 Å². The summed E-state index contributed by atoms with van der Waals surface area (Å²) in [6, 6.07) is 0. The Morgan fingerprint density at radius 2 is 2.00 bits per heavy atom. The van der Waals surface area contributed by atoms with E-state index >= 15 is 0 Å². The molecule has 0 radical (unpaired) electrons. The van der Waals surface area contributed by atoms with Gasteiger partial charge in [-0.15, -0.1) is 11.8 Å². The molecule has 19 heavy (non-hydrogen) atoms. The first-order chi connectivity index (χ1) is 9.02. The Hall–Kier alpha value is -1.80. The molecular weight excluding hydrogens is 248 g/mol. The van der Waals surface area contributed by atoms with Crippen LogP contribution in [0.25, 0.3) is 0 Å². The van der Waals surface area contributed by atoms with Crippen LogP contribution in [0, 0.1) is 11.8 Å². The van der Waals surface area contributed by atoms with Crippen molar-refractivity contribution >= 4 is 11.9 Å².